The van der Waals surface area contributed by atoms with Crippen molar-refractivity contribution in [1.82, 2.24) is 5.32 Å². The van der Waals surface area contributed by atoms with Crippen molar-refractivity contribution in [2.75, 3.05) is 6.54 Å². The normalized spacial score (nSPS) is 34.9. The van der Waals surface area contributed by atoms with Crippen LogP contribution in [-0.2, 0) is 25.7 Å². The van der Waals surface area contributed by atoms with Gasteiger partial charge in [-0.25, -0.2) is 4.39 Å². The standard InChI is InChI=1S/C44H66FNO5/c1-11-32-37-31(28(2)3)16-21-44(37,34(47)26-46-25-29-12-14-30(45)15-13-29)23-22-43(32,10)42(9)20-17-33-40(6,7)35(18-19-41(33,8)27-42)51-36(48)24-39(4,5)38(49)50/h12-15,28,32-33,35,46H,11,16-27H2,1-10H3,(H,49,50). The lowest BCUT2D eigenvalue weighted by Gasteiger charge is -2.66. The molecule has 7 unspecified atom stereocenters. The van der Waals surface area contributed by atoms with Gasteiger partial charge in [-0.1, -0.05) is 78.7 Å². The third kappa shape index (κ3) is 6.99. The van der Waals surface area contributed by atoms with E-state index in [1.807, 2.05) is 0 Å². The van der Waals surface area contributed by atoms with Crippen molar-refractivity contribution < 1.29 is 28.6 Å². The summed E-state index contributed by atoms with van der Waals surface area (Å²) in [6.45, 7) is 23.1. The molecule has 3 saturated carbocycles. The van der Waals surface area contributed by atoms with Crippen molar-refractivity contribution in [1.29, 1.82) is 0 Å². The first-order valence-corrected chi connectivity index (χ1v) is 19.8. The van der Waals surface area contributed by atoms with Crippen LogP contribution in [0.25, 0.3) is 0 Å². The van der Waals surface area contributed by atoms with E-state index in [2.05, 4.69) is 60.7 Å². The van der Waals surface area contributed by atoms with Crippen molar-refractivity contribution in [3.63, 3.8) is 0 Å². The summed E-state index contributed by atoms with van der Waals surface area (Å²) < 4.78 is 19.6. The van der Waals surface area contributed by atoms with Crippen LogP contribution in [-0.4, -0.2) is 35.5 Å². The van der Waals surface area contributed by atoms with E-state index in [1.54, 1.807) is 26.0 Å². The fourth-order valence-electron chi connectivity index (χ4n) is 12.0. The molecule has 0 bridgehead atoms. The van der Waals surface area contributed by atoms with E-state index in [-0.39, 0.29) is 40.0 Å². The zero-order valence-corrected chi connectivity index (χ0v) is 33.3. The minimum Gasteiger partial charge on any atom is -0.481 e. The van der Waals surface area contributed by atoms with E-state index in [9.17, 15) is 23.9 Å². The number of carbonyl (C=O) groups excluding carboxylic acids is 2. The maximum absolute atomic E-state index is 14.4. The molecule has 1 aromatic rings. The van der Waals surface area contributed by atoms with Gasteiger partial charge in [-0.05, 0) is 130 Å². The van der Waals surface area contributed by atoms with E-state index in [0.29, 0.717) is 36.6 Å². The number of carboxylic acid groups (broad SMARTS) is 1. The number of ketones is 1. The van der Waals surface area contributed by atoms with Crippen LogP contribution >= 0.6 is 0 Å². The minimum atomic E-state index is -1.16. The van der Waals surface area contributed by atoms with Gasteiger partial charge in [-0.15, -0.1) is 0 Å². The molecule has 4 aliphatic rings. The third-order valence-electron chi connectivity index (χ3n) is 15.2. The highest BCUT2D eigenvalue weighted by atomic mass is 19.1. The Morgan fingerprint density at radius 3 is 2.25 bits per heavy atom. The number of allylic oxidation sites excluding steroid dienone is 2. The third-order valence-corrected chi connectivity index (χ3v) is 15.2. The van der Waals surface area contributed by atoms with Crippen molar-refractivity contribution in [2.45, 2.75) is 153 Å². The topological polar surface area (TPSA) is 92.7 Å². The Kier molecular flexibility index (Phi) is 10.9. The zero-order chi connectivity index (χ0) is 37.8. The number of aliphatic carboxylic acids is 1. The van der Waals surface area contributed by atoms with Crippen molar-refractivity contribution in [3.8, 4) is 0 Å². The molecule has 2 N–H and O–H groups in total. The Bertz CT molecular complexity index is 1530. The van der Waals surface area contributed by atoms with Gasteiger partial charge in [0.1, 0.15) is 11.9 Å². The van der Waals surface area contributed by atoms with Crippen LogP contribution in [0.5, 0.6) is 0 Å². The van der Waals surface area contributed by atoms with Gasteiger partial charge in [0, 0.05) is 12.0 Å². The SMILES string of the molecule is CCC1C2=C(C(C)C)CCC2(C(=O)CNCc2ccc(F)cc2)CCC1(C)C1(C)CCC2C(C)(CCC(OC(=O)CC(C)(C)C(=O)O)C2(C)C)C1. The summed E-state index contributed by atoms with van der Waals surface area (Å²) in [6, 6.07) is 6.50. The summed E-state index contributed by atoms with van der Waals surface area (Å²) in [7, 11) is 0. The van der Waals surface area contributed by atoms with Crippen molar-refractivity contribution >= 4 is 17.7 Å². The Hall–Kier alpha value is -2.54. The zero-order valence-electron chi connectivity index (χ0n) is 33.3. The van der Waals surface area contributed by atoms with Gasteiger partial charge >= 0.3 is 11.9 Å². The van der Waals surface area contributed by atoms with Crippen molar-refractivity contribution in [3.05, 3.63) is 46.8 Å². The number of carboxylic acids is 1. The quantitative estimate of drug-likeness (QED) is 0.166. The van der Waals surface area contributed by atoms with Gasteiger partial charge in [0.25, 0.3) is 0 Å². The molecule has 0 spiro atoms. The Labute approximate surface area is 307 Å². The molecule has 284 valence electrons. The molecule has 51 heavy (non-hydrogen) atoms. The molecular formula is C44H66FNO5. The van der Waals surface area contributed by atoms with Gasteiger partial charge in [0.05, 0.1) is 23.8 Å². The summed E-state index contributed by atoms with van der Waals surface area (Å²) >= 11 is 0. The average Bonchev–Trinajstić information content (AvgIpc) is 3.44. The Morgan fingerprint density at radius 1 is 0.980 bits per heavy atom. The number of fused-ring (bicyclic) bond motifs is 2. The van der Waals surface area contributed by atoms with Crippen LogP contribution in [0.3, 0.4) is 0 Å². The number of Topliss-reactive ketones (excluding diaryl/α,β-unsaturated/α-hetero) is 1. The molecule has 7 atom stereocenters. The fourth-order valence-corrected chi connectivity index (χ4v) is 12.0. The molecule has 0 aromatic heterocycles. The second-order valence-electron chi connectivity index (χ2n) is 19.4. The fraction of sp³-hybridized carbons (Fsp3) is 0.750. The number of benzene rings is 1. The monoisotopic (exact) mass is 707 g/mol. The summed E-state index contributed by atoms with van der Waals surface area (Å²) in [6.07, 6.45) is 9.53. The second kappa shape index (κ2) is 14.0. The van der Waals surface area contributed by atoms with E-state index in [0.717, 1.165) is 69.8 Å². The molecule has 0 saturated heterocycles. The molecule has 0 radical (unpaired) electrons. The summed E-state index contributed by atoms with van der Waals surface area (Å²) in [5.74, 6) is -0.220. The highest BCUT2D eigenvalue weighted by molar-refractivity contribution is 5.91. The van der Waals surface area contributed by atoms with E-state index < -0.39 is 22.8 Å². The largest absolute Gasteiger partial charge is 0.481 e. The number of hydrogen-bond acceptors (Lipinski definition) is 5. The molecule has 4 aliphatic carbocycles. The van der Waals surface area contributed by atoms with Crippen LogP contribution in [0.4, 0.5) is 4.39 Å². The number of esters is 1. The first-order valence-electron chi connectivity index (χ1n) is 19.8. The summed E-state index contributed by atoms with van der Waals surface area (Å²) in [5, 5.41) is 13.0. The Morgan fingerprint density at radius 2 is 1.65 bits per heavy atom. The van der Waals surface area contributed by atoms with Crippen LogP contribution in [0.1, 0.15) is 145 Å². The summed E-state index contributed by atoms with van der Waals surface area (Å²) in [5.41, 5.74) is 2.37. The maximum Gasteiger partial charge on any atom is 0.309 e. The van der Waals surface area contributed by atoms with Crippen LogP contribution < -0.4 is 5.32 Å². The van der Waals surface area contributed by atoms with Gasteiger partial charge in [-0.2, -0.15) is 0 Å². The lowest BCUT2D eigenvalue weighted by Crippen LogP contribution is -2.59. The summed E-state index contributed by atoms with van der Waals surface area (Å²) in [4.78, 5) is 39.2. The first kappa shape index (κ1) is 39.7. The second-order valence-corrected chi connectivity index (χ2v) is 19.4. The number of carbonyl (C=O) groups is 3. The number of hydrogen-bond donors (Lipinski definition) is 2. The minimum absolute atomic E-state index is 0.0384. The molecular weight excluding hydrogens is 641 g/mol. The van der Waals surface area contributed by atoms with Gasteiger partial charge in [0.15, 0.2) is 5.78 Å². The molecule has 0 aliphatic heterocycles. The molecule has 1 aromatic carbocycles. The van der Waals surface area contributed by atoms with Crippen LogP contribution in [0.15, 0.2) is 35.4 Å². The van der Waals surface area contributed by atoms with E-state index in [1.165, 1.54) is 23.3 Å². The molecule has 6 nitrogen and oxygen atoms in total. The maximum atomic E-state index is 14.4. The molecule has 3 fully saturated rings. The number of ether oxygens (including phenoxy) is 1. The predicted octanol–water partition coefficient (Wildman–Crippen LogP) is 10.1. The number of nitrogens with one attached hydrogen (secondary N) is 1. The predicted molar refractivity (Wildman–Crippen MR) is 200 cm³/mol. The van der Waals surface area contributed by atoms with Gasteiger partial charge < -0.3 is 15.2 Å². The highest BCUT2D eigenvalue weighted by Gasteiger charge is 2.65. The molecule has 7 heteroatoms. The molecule has 0 heterocycles. The smallest absolute Gasteiger partial charge is 0.309 e. The molecule has 0 amide bonds. The lowest BCUT2D eigenvalue weighted by atomic mass is 9.39. The van der Waals surface area contributed by atoms with Crippen LogP contribution in [0.2, 0.25) is 0 Å². The average molecular weight is 708 g/mol. The van der Waals surface area contributed by atoms with Crippen LogP contribution in [0, 0.1) is 56.1 Å². The Balaban J connectivity index is 1.37. The van der Waals surface area contributed by atoms with E-state index in [4.69, 9.17) is 4.74 Å². The van der Waals surface area contributed by atoms with E-state index >= 15 is 0 Å². The van der Waals surface area contributed by atoms with Gasteiger partial charge in [-0.3, -0.25) is 14.4 Å². The lowest BCUT2D eigenvalue weighted by molar-refractivity contribution is -0.192. The van der Waals surface area contributed by atoms with Gasteiger partial charge in [0.2, 0.25) is 0 Å². The highest BCUT2D eigenvalue weighted by Crippen LogP contribution is 2.72. The number of rotatable bonds is 12. The van der Waals surface area contributed by atoms with Crippen molar-refractivity contribution in [2.24, 2.45) is 50.2 Å². The first-order chi connectivity index (χ1) is 23.7. The number of halogens is 1. The molecule has 5 rings (SSSR count).